The van der Waals surface area contributed by atoms with E-state index in [1.54, 1.807) is 12.3 Å². The normalized spacial score (nSPS) is 17.2. The fourth-order valence-corrected chi connectivity index (χ4v) is 1.64. The summed E-state index contributed by atoms with van der Waals surface area (Å²) in [7, 11) is 0. The molecule has 2 rings (SSSR count). The van der Waals surface area contributed by atoms with Crippen molar-refractivity contribution in [2.75, 3.05) is 13.1 Å². The first-order valence-electron chi connectivity index (χ1n) is 4.52. The molecule has 1 aliphatic heterocycles. The zero-order valence-electron chi connectivity index (χ0n) is 7.91. The van der Waals surface area contributed by atoms with Crippen LogP contribution in [0.15, 0.2) is 16.7 Å². The van der Waals surface area contributed by atoms with Crippen molar-refractivity contribution < 1.29 is 9.21 Å². The van der Waals surface area contributed by atoms with Gasteiger partial charge in [-0.15, -0.1) is 0 Å². The van der Waals surface area contributed by atoms with Crippen LogP contribution in [0.1, 0.15) is 23.0 Å². The third-order valence-corrected chi connectivity index (χ3v) is 2.44. The molecule has 1 saturated heterocycles. The highest BCUT2D eigenvalue weighted by atomic mass is 16.3. The first-order valence-corrected chi connectivity index (χ1v) is 4.52. The van der Waals surface area contributed by atoms with E-state index < -0.39 is 0 Å². The van der Waals surface area contributed by atoms with Gasteiger partial charge in [0.05, 0.1) is 11.8 Å². The molecule has 0 radical (unpaired) electrons. The summed E-state index contributed by atoms with van der Waals surface area (Å²) in [5, 5.41) is 0. The number of hydrogen-bond acceptors (Lipinski definition) is 2. The van der Waals surface area contributed by atoms with Gasteiger partial charge in [-0.25, -0.2) is 0 Å². The summed E-state index contributed by atoms with van der Waals surface area (Å²) in [6, 6.07) is 1.74. The fourth-order valence-electron chi connectivity index (χ4n) is 1.64. The third kappa shape index (κ3) is 1.34. The Hall–Kier alpha value is -1.25. The number of hydrogen-bond donors (Lipinski definition) is 0. The molecule has 0 aromatic carbocycles. The number of amides is 1. The molecule has 0 aliphatic carbocycles. The molecular weight excluding hydrogens is 166 g/mol. The molecule has 0 saturated carbocycles. The minimum Gasteiger partial charge on any atom is -0.469 e. The molecule has 3 nitrogen and oxygen atoms in total. The van der Waals surface area contributed by atoms with Crippen LogP contribution < -0.4 is 0 Å². The highest BCUT2D eigenvalue weighted by Crippen LogP contribution is 2.19. The lowest BCUT2D eigenvalue weighted by atomic mass is 10.0. The van der Waals surface area contributed by atoms with Gasteiger partial charge in [-0.1, -0.05) is 6.92 Å². The van der Waals surface area contributed by atoms with Gasteiger partial charge in [0.2, 0.25) is 0 Å². The summed E-state index contributed by atoms with van der Waals surface area (Å²) in [5.41, 5.74) is 0.701. The van der Waals surface area contributed by atoms with E-state index in [-0.39, 0.29) is 5.91 Å². The van der Waals surface area contributed by atoms with E-state index in [0.29, 0.717) is 17.2 Å². The summed E-state index contributed by atoms with van der Waals surface area (Å²) in [6.45, 7) is 5.72. The van der Waals surface area contributed by atoms with E-state index in [1.807, 2.05) is 11.8 Å². The topological polar surface area (TPSA) is 33.5 Å². The van der Waals surface area contributed by atoms with E-state index >= 15 is 0 Å². The van der Waals surface area contributed by atoms with Gasteiger partial charge in [0, 0.05) is 13.1 Å². The molecule has 0 atom stereocenters. The minimum absolute atomic E-state index is 0.101. The Kier molecular flexibility index (Phi) is 1.87. The highest BCUT2D eigenvalue weighted by molar-refractivity contribution is 5.95. The van der Waals surface area contributed by atoms with Gasteiger partial charge in [0.25, 0.3) is 5.91 Å². The molecule has 2 heterocycles. The quantitative estimate of drug-likeness (QED) is 0.657. The molecule has 1 aromatic rings. The SMILES string of the molecule is Cc1occc1C(=O)N1CC(C)C1. The van der Waals surface area contributed by atoms with Crippen LogP contribution in [0.2, 0.25) is 0 Å². The predicted molar refractivity (Wildman–Crippen MR) is 48.5 cm³/mol. The standard InChI is InChI=1S/C10H13NO2/c1-7-5-11(6-7)10(12)9-3-4-13-8(9)2/h3-4,7H,5-6H2,1-2H3. The second-order valence-electron chi connectivity index (χ2n) is 3.71. The summed E-state index contributed by atoms with van der Waals surface area (Å²) < 4.78 is 5.08. The van der Waals surface area contributed by atoms with Gasteiger partial charge in [-0.05, 0) is 18.9 Å². The highest BCUT2D eigenvalue weighted by Gasteiger charge is 2.29. The van der Waals surface area contributed by atoms with Crippen molar-refractivity contribution in [1.82, 2.24) is 4.90 Å². The van der Waals surface area contributed by atoms with Crippen LogP contribution in [-0.2, 0) is 0 Å². The van der Waals surface area contributed by atoms with Crippen LogP contribution in [-0.4, -0.2) is 23.9 Å². The lowest BCUT2D eigenvalue weighted by Crippen LogP contribution is -2.48. The largest absolute Gasteiger partial charge is 0.469 e. The van der Waals surface area contributed by atoms with E-state index in [1.165, 1.54) is 0 Å². The maximum atomic E-state index is 11.7. The van der Waals surface area contributed by atoms with Gasteiger partial charge in [0.15, 0.2) is 0 Å². The molecule has 0 N–H and O–H groups in total. The number of aryl methyl sites for hydroxylation is 1. The molecule has 1 aromatic heterocycles. The maximum Gasteiger partial charge on any atom is 0.257 e. The van der Waals surface area contributed by atoms with E-state index in [9.17, 15) is 4.79 Å². The van der Waals surface area contributed by atoms with Crippen molar-refractivity contribution in [2.24, 2.45) is 5.92 Å². The maximum absolute atomic E-state index is 11.7. The summed E-state index contributed by atoms with van der Waals surface area (Å²) in [4.78, 5) is 13.6. The van der Waals surface area contributed by atoms with Crippen LogP contribution in [0.25, 0.3) is 0 Å². The smallest absolute Gasteiger partial charge is 0.257 e. The van der Waals surface area contributed by atoms with Crippen molar-refractivity contribution >= 4 is 5.91 Å². The average molecular weight is 179 g/mol. The Morgan fingerprint density at radius 1 is 1.62 bits per heavy atom. The van der Waals surface area contributed by atoms with Gasteiger partial charge < -0.3 is 9.32 Å². The van der Waals surface area contributed by atoms with Crippen LogP contribution >= 0.6 is 0 Å². The zero-order chi connectivity index (χ0) is 9.42. The van der Waals surface area contributed by atoms with Crippen molar-refractivity contribution in [1.29, 1.82) is 0 Å². The molecule has 0 spiro atoms. The van der Waals surface area contributed by atoms with Crippen molar-refractivity contribution in [3.8, 4) is 0 Å². The Balaban J connectivity index is 2.10. The van der Waals surface area contributed by atoms with Crippen molar-refractivity contribution in [2.45, 2.75) is 13.8 Å². The molecule has 0 bridgehead atoms. The lowest BCUT2D eigenvalue weighted by Gasteiger charge is -2.37. The first-order chi connectivity index (χ1) is 6.18. The minimum atomic E-state index is 0.101. The number of carbonyl (C=O) groups excluding carboxylic acids is 1. The second kappa shape index (κ2) is 2.91. The Morgan fingerprint density at radius 2 is 2.31 bits per heavy atom. The van der Waals surface area contributed by atoms with E-state index in [2.05, 4.69) is 6.92 Å². The lowest BCUT2D eigenvalue weighted by molar-refractivity contribution is 0.0528. The van der Waals surface area contributed by atoms with Crippen LogP contribution in [0.3, 0.4) is 0 Å². The van der Waals surface area contributed by atoms with Gasteiger partial charge in [-0.2, -0.15) is 0 Å². The Bertz CT molecular complexity index is 323. The van der Waals surface area contributed by atoms with Gasteiger partial charge in [-0.3, -0.25) is 4.79 Å². The number of nitrogens with zero attached hydrogens (tertiary/aromatic N) is 1. The molecule has 70 valence electrons. The van der Waals surface area contributed by atoms with Crippen LogP contribution in [0, 0.1) is 12.8 Å². The monoisotopic (exact) mass is 179 g/mol. The second-order valence-corrected chi connectivity index (χ2v) is 3.71. The molecule has 13 heavy (non-hydrogen) atoms. The van der Waals surface area contributed by atoms with Crippen molar-refractivity contribution in [3.63, 3.8) is 0 Å². The first kappa shape index (κ1) is 8.35. The molecule has 3 heteroatoms. The summed E-state index contributed by atoms with van der Waals surface area (Å²) in [5.74, 6) is 1.46. The van der Waals surface area contributed by atoms with E-state index in [4.69, 9.17) is 4.42 Å². The summed E-state index contributed by atoms with van der Waals surface area (Å²) >= 11 is 0. The van der Waals surface area contributed by atoms with Gasteiger partial charge in [0.1, 0.15) is 5.76 Å². The Labute approximate surface area is 77.3 Å². The number of rotatable bonds is 1. The number of carbonyl (C=O) groups is 1. The van der Waals surface area contributed by atoms with E-state index in [0.717, 1.165) is 13.1 Å². The molecular formula is C10H13NO2. The molecule has 1 fully saturated rings. The number of likely N-dealkylation sites (tertiary alicyclic amines) is 1. The molecule has 1 amide bonds. The van der Waals surface area contributed by atoms with Crippen molar-refractivity contribution in [3.05, 3.63) is 23.7 Å². The summed E-state index contributed by atoms with van der Waals surface area (Å²) in [6.07, 6.45) is 1.56. The molecule has 0 unspecified atom stereocenters. The fraction of sp³-hybridized carbons (Fsp3) is 0.500. The van der Waals surface area contributed by atoms with Crippen LogP contribution in [0.5, 0.6) is 0 Å². The average Bonchev–Trinajstić information content (AvgIpc) is 2.44. The number of furan rings is 1. The van der Waals surface area contributed by atoms with Crippen LogP contribution in [0.4, 0.5) is 0 Å². The third-order valence-electron chi connectivity index (χ3n) is 2.44. The Morgan fingerprint density at radius 3 is 2.77 bits per heavy atom. The zero-order valence-corrected chi connectivity index (χ0v) is 7.91. The molecule has 1 aliphatic rings. The predicted octanol–water partition coefficient (Wildman–Crippen LogP) is 1.68. The van der Waals surface area contributed by atoms with Gasteiger partial charge >= 0.3 is 0 Å².